The normalized spacial score (nSPS) is 10.7. The van der Waals surface area contributed by atoms with E-state index >= 15 is 0 Å². The molecular formula is C10H10ClF2IO. The van der Waals surface area contributed by atoms with Crippen LogP contribution < -0.4 is 4.74 Å². The van der Waals surface area contributed by atoms with E-state index < -0.39 is 6.61 Å². The molecule has 0 amide bonds. The molecular weight excluding hydrogens is 336 g/mol. The van der Waals surface area contributed by atoms with Gasteiger partial charge >= 0.3 is 6.61 Å². The van der Waals surface area contributed by atoms with Crippen LogP contribution in [0.4, 0.5) is 8.78 Å². The Morgan fingerprint density at radius 2 is 2.13 bits per heavy atom. The molecule has 1 nitrogen and oxygen atoms in total. The molecule has 0 radical (unpaired) electrons. The van der Waals surface area contributed by atoms with E-state index in [-0.39, 0.29) is 5.75 Å². The molecule has 15 heavy (non-hydrogen) atoms. The van der Waals surface area contributed by atoms with E-state index in [0.717, 1.165) is 15.6 Å². The third-order valence-electron chi connectivity index (χ3n) is 1.82. The van der Waals surface area contributed by atoms with Gasteiger partial charge in [-0.15, -0.1) is 11.6 Å². The Labute approximate surface area is 106 Å². The highest BCUT2D eigenvalue weighted by atomic mass is 127. The van der Waals surface area contributed by atoms with Crippen LogP contribution in [0.1, 0.15) is 12.0 Å². The Bertz CT molecular complexity index is 320. The van der Waals surface area contributed by atoms with E-state index in [9.17, 15) is 8.78 Å². The average Bonchev–Trinajstić information content (AvgIpc) is 2.18. The maximum Gasteiger partial charge on any atom is 0.387 e. The molecule has 0 unspecified atom stereocenters. The van der Waals surface area contributed by atoms with Crippen LogP contribution >= 0.6 is 34.2 Å². The lowest BCUT2D eigenvalue weighted by Crippen LogP contribution is -2.05. The standard InChI is InChI=1S/C10H10ClF2IO/c11-5-1-2-7-6-8(14)3-4-9(7)15-10(12)13/h3-4,6,10H,1-2,5H2. The third kappa shape index (κ3) is 4.51. The van der Waals surface area contributed by atoms with Gasteiger partial charge in [-0.1, -0.05) is 0 Å². The van der Waals surface area contributed by atoms with Crippen molar-refractivity contribution in [2.24, 2.45) is 0 Å². The lowest BCUT2D eigenvalue weighted by atomic mass is 10.1. The van der Waals surface area contributed by atoms with Gasteiger partial charge in [-0.2, -0.15) is 8.78 Å². The molecule has 1 rings (SSSR count). The van der Waals surface area contributed by atoms with Gasteiger partial charge in [0, 0.05) is 9.45 Å². The van der Waals surface area contributed by atoms with Gasteiger partial charge < -0.3 is 4.74 Å². The molecule has 0 spiro atoms. The molecule has 0 fully saturated rings. The molecule has 0 bridgehead atoms. The van der Waals surface area contributed by atoms with Gasteiger partial charge in [0.25, 0.3) is 0 Å². The summed E-state index contributed by atoms with van der Waals surface area (Å²) >= 11 is 7.69. The monoisotopic (exact) mass is 346 g/mol. The van der Waals surface area contributed by atoms with Crippen LogP contribution in [0, 0.1) is 3.57 Å². The summed E-state index contributed by atoms with van der Waals surface area (Å²) in [7, 11) is 0. The largest absolute Gasteiger partial charge is 0.435 e. The fourth-order valence-corrected chi connectivity index (χ4v) is 1.90. The fraction of sp³-hybridized carbons (Fsp3) is 0.400. The van der Waals surface area contributed by atoms with E-state index in [1.165, 1.54) is 0 Å². The quantitative estimate of drug-likeness (QED) is 0.577. The van der Waals surface area contributed by atoms with Gasteiger partial charge in [0.05, 0.1) is 0 Å². The highest BCUT2D eigenvalue weighted by Gasteiger charge is 2.09. The Kier molecular flexibility index (Phi) is 5.60. The smallest absolute Gasteiger partial charge is 0.387 e. The number of halogens is 4. The van der Waals surface area contributed by atoms with Crippen LogP contribution in [0.15, 0.2) is 18.2 Å². The fourth-order valence-electron chi connectivity index (χ4n) is 1.21. The van der Waals surface area contributed by atoms with Crippen LogP contribution in [0.3, 0.4) is 0 Å². The van der Waals surface area contributed by atoms with Gasteiger partial charge in [0.1, 0.15) is 5.75 Å². The first kappa shape index (κ1) is 13.0. The zero-order chi connectivity index (χ0) is 11.3. The summed E-state index contributed by atoms with van der Waals surface area (Å²) in [6, 6.07) is 5.14. The van der Waals surface area contributed by atoms with Crippen molar-refractivity contribution in [3.63, 3.8) is 0 Å². The van der Waals surface area contributed by atoms with E-state index in [0.29, 0.717) is 12.3 Å². The summed E-state index contributed by atoms with van der Waals surface area (Å²) in [4.78, 5) is 0. The summed E-state index contributed by atoms with van der Waals surface area (Å²) < 4.78 is 29.6. The Morgan fingerprint density at radius 3 is 2.73 bits per heavy atom. The second kappa shape index (κ2) is 6.48. The van der Waals surface area contributed by atoms with Crippen molar-refractivity contribution in [1.29, 1.82) is 0 Å². The number of ether oxygens (including phenoxy) is 1. The van der Waals surface area contributed by atoms with E-state index in [4.69, 9.17) is 11.6 Å². The lowest BCUT2D eigenvalue weighted by Gasteiger charge is -2.10. The van der Waals surface area contributed by atoms with E-state index in [2.05, 4.69) is 27.3 Å². The molecule has 84 valence electrons. The molecule has 0 aliphatic heterocycles. The van der Waals surface area contributed by atoms with Crippen LogP contribution in [-0.4, -0.2) is 12.5 Å². The zero-order valence-electron chi connectivity index (χ0n) is 7.85. The number of aryl methyl sites for hydroxylation is 1. The van der Waals surface area contributed by atoms with Crippen LogP contribution in [0.2, 0.25) is 0 Å². The summed E-state index contributed by atoms with van der Waals surface area (Å²) in [5.74, 6) is 0.759. The van der Waals surface area contributed by atoms with Crippen molar-refractivity contribution in [3.8, 4) is 5.75 Å². The van der Waals surface area contributed by atoms with Crippen LogP contribution in [0.25, 0.3) is 0 Å². The van der Waals surface area contributed by atoms with E-state index in [1.807, 2.05) is 6.07 Å². The minimum atomic E-state index is -2.78. The van der Waals surface area contributed by atoms with Gasteiger partial charge in [-0.05, 0) is 59.2 Å². The minimum Gasteiger partial charge on any atom is -0.435 e. The SMILES string of the molecule is FC(F)Oc1ccc(I)cc1CCCCl. The number of rotatable bonds is 5. The molecule has 0 saturated carbocycles. The maximum absolute atomic E-state index is 12.1. The molecule has 0 N–H and O–H groups in total. The molecule has 0 saturated heterocycles. The molecule has 0 aliphatic rings. The highest BCUT2D eigenvalue weighted by molar-refractivity contribution is 14.1. The highest BCUT2D eigenvalue weighted by Crippen LogP contribution is 2.24. The maximum atomic E-state index is 12.1. The minimum absolute atomic E-state index is 0.246. The molecule has 1 aromatic carbocycles. The summed E-state index contributed by atoms with van der Waals surface area (Å²) in [6.07, 6.45) is 1.41. The van der Waals surface area contributed by atoms with Gasteiger partial charge in [-0.25, -0.2) is 0 Å². The third-order valence-corrected chi connectivity index (χ3v) is 2.76. The lowest BCUT2D eigenvalue weighted by molar-refractivity contribution is -0.0504. The van der Waals surface area contributed by atoms with Crippen molar-refractivity contribution >= 4 is 34.2 Å². The Balaban J connectivity index is 2.82. The topological polar surface area (TPSA) is 9.23 Å². The van der Waals surface area contributed by atoms with Crippen molar-refractivity contribution in [3.05, 3.63) is 27.3 Å². The van der Waals surface area contributed by atoms with Crippen molar-refractivity contribution in [1.82, 2.24) is 0 Å². The summed E-state index contributed by atoms with van der Waals surface area (Å²) in [5.41, 5.74) is 0.780. The summed E-state index contributed by atoms with van der Waals surface area (Å²) in [6.45, 7) is -2.78. The molecule has 5 heteroatoms. The van der Waals surface area contributed by atoms with Crippen molar-refractivity contribution in [2.45, 2.75) is 19.5 Å². The second-order valence-electron chi connectivity index (χ2n) is 2.92. The molecule has 0 heterocycles. The van der Waals surface area contributed by atoms with Crippen molar-refractivity contribution in [2.75, 3.05) is 5.88 Å². The summed E-state index contributed by atoms with van der Waals surface area (Å²) in [5, 5.41) is 0. The predicted molar refractivity (Wildman–Crippen MR) is 64.8 cm³/mol. The van der Waals surface area contributed by atoms with Gasteiger partial charge in [0.2, 0.25) is 0 Å². The molecule has 0 aromatic heterocycles. The first-order valence-electron chi connectivity index (χ1n) is 4.42. The van der Waals surface area contributed by atoms with Crippen molar-refractivity contribution < 1.29 is 13.5 Å². The number of hydrogen-bond acceptors (Lipinski definition) is 1. The zero-order valence-corrected chi connectivity index (χ0v) is 10.8. The second-order valence-corrected chi connectivity index (χ2v) is 4.55. The number of benzene rings is 1. The van der Waals surface area contributed by atoms with Crippen LogP contribution in [0.5, 0.6) is 5.75 Å². The van der Waals surface area contributed by atoms with E-state index in [1.54, 1.807) is 12.1 Å². The van der Waals surface area contributed by atoms with Gasteiger partial charge in [-0.3, -0.25) is 0 Å². The Morgan fingerprint density at radius 1 is 1.40 bits per heavy atom. The van der Waals surface area contributed by atoms with Crippen LogP contribution in [-0.2, 0) is 6.42 Å². The first-order chi connectivity index (χ1) is 7.13. The Hall–Kier alpha value is -0.100. The molecule has 1 aromatic rings. The predicted octanol–water partition coefficient (Wildman–Crippen LogP) is 4.06. The van der Waals surface area contributed by atoms with Gasteiger partial charge in [0.15, 0.2) is 0 Å². The first-order valence-corrected chi connectivity index (χ1v) is 6.04. The molecule has 0 aliphatic carbocycles. The molecule has 0 atom stereocenters. The average molecular weight is 347 g/mol. The number of alkyl halides is 3. The number of hydrogen-bond donors (Lipinski definition) is 0.